The van der Waals surface area contributed by atoms with Crippen LogP contribution in [0.5, 0.6) is 11.5 Å². The summed E-state index contributed by atoms with van der Waals surface area (Å²) in [6.45, 7) is 11.2. The molecule has 1 amide bonds. The van der Waals surface area contributed by atoms with Crippen LogP contribution in [0.3, 0.4) is 0 Å². The lowest BCUT2D eigenvalue weighted by atomic mass is 9.72. The summed E-state index contributed by atoms with van der Waals surface area (Å²) in [6.07, 6.45) is 4.10. The van der Waals surface area contributed by atoms with Gasteiger partial charge in [-0.05, 0) is 122 Å². The molecule has 2 aromatic heterocycles. The fourth-order valence-electron chi connectivity index (χ4n) is 9.15. The molecular weight excluding hydrogens is 876 g/mol. The van der Waals surface area contributed by atoms with Crippen molar-refractivity contribution in [2.75, 3.05) is 62.7 Å². The van der Waals surface area contributed by atoms with Gasteiger partial charge >= 0.3 is 6.18 Å². The number of benzene rings is 3. The summed E-state index contributed by atoms with van der Waals surface area (Å²) in [6, 6.07) is 16.0. The number of halogens is 3. The Morgan fingerprint density at radius 2 is 1.86 bits per heavy atom. The fourth-order valence-corrected chi connectivity index (χ4v) is 10.1. The molecule has 0 saturated carbocycles. The van der Waals surface area contributed by atoms with E-state index in [0.29, 0.717) is 68.8 Å². The monoisotopic (exact) mass is 929 g/mol. The van der Waals surface area contributed by atoms with Gasteiger partial charge in [-0.1, -0.05) is 25.5 Å². The molecule has 8 rings (SSSR count). The van der Waals surface area contributed by atoms with Gasteiger partial charge in [0.25, 0.3) is 21.6 Å². The Balaban J connectivity index is 0.996. The molecule has 0 radical (unpaired) electrons. The van der Waals surface area contributed by atoms with Gasteiger partial charge in [0.05, 0.1) is 27.1 Å². The van der Waals surface area contributed by atoms with Crippen molar-refractivity contribution in [1.82, 2.24) is 19.6 Å². The predicted octanol–water partition coefficient (Wildman–Crippen LogP) is 9.72. The van der Waals surface area contributed by atoms with Gasteiger partial charge in [0.2, 0.25) is 0 Å². The van der Waals surface area contributed by atoms with E-state index in [0.717, 1.165) is 73.4 Å². The molecule has 2 fully saturated rings. The van der Waals surface area contributed by atoms with Crippen LogP contribution in [-0.4, -0.2) is 86.6 Å². The normalized spacial score (nSPS) is 18.3. The molecule has 14 nitrogen and oxygen atoms in total. The van der Waals surface area contributed by atoms with E-state index in [4.69, 9.17) is 9.47 Å². The Kier molecular flexibility index (Phi) is 13.5. The van der Waals surface area contributed by atoms with E-state index in [-0.39, 0.29) is 22.4 Å². The van der Waals surface area contributed by atoms with Crippen LogP contribution in [0.1, 0.15) is 79.4 Å². The van der Waals surface area contributed by atoms with Crippen LogP contribution in [0.2, 0.25) is 0 Å². The van der Waals surface area contributed by atoms with Gasteiger partial charge in [-0.2, -0.15) is 13.2 Å². The first kappa shape index (κ1) is 46.5. The summed E-state index contributed by atoms with van der Waals surface area (Å²) >= 11 is 0. The molecule has 18 heteroatoms. The molecule has 0 bridgehead atoms. The second kappa shape index (κ2) is 19.1. The Morgan fingerprint density at radius 3 is 2.59 bits per heavy atom. The minimum Gasteiger partial charge on any atom is -0.455 e. The van der Waals surface area contributed by atoms with E-state index in [9.17, 15) is 36.5 Å². The Morgan fingerprint density at radius 1 is 1.06 bits per heavy atom. The maximum Gasteiger partial charge on any atom is 0.416 e. The number of nitro benzene ring substituents is 1. The van der Waals surface area contributed by atoms with E-state index in [1.165, 1.54) is 42.1 Å². The third kappa shape index (κ3) is 10.8. The highest BCUT2D eigenvalue weighted by molar-refractivity contribution is 7.90. The number of hydrogen-bond donors (Lipinski definition) is 3. The fraction of sp³-hybridized carbons (Fsp3) is 0.417. The number of sulfonamides is 1. The number of anilines is 2. The molecule has 1 aliphatic carbocycles. The predicted molar refractivity (Wildman–Crippen MR) is 246 cm³/mol. The highest BCUT2D eigenvalue weighted by atomic mass is 32.2. The quantitative estimate of drug-likeness (QED) is 0.0715. The summed E-state index contributed by atoms with van der Waals surface area (Å²) in [7, 11) is -4.60. The molecular formula is C48H54F3N7O7S. The number of aryl methyl sites for hydroxylation is 1. The van der Waals surface area contributed by atoms with E-state index < -0.39 is 43.2 Å². The largest absolute Gasteiger partial charge is 0.455 e. The van der Waals surface area contributed by atoms with Crippen molar-refractivity contribution >= 4 is 49.6 Å². The zero-order valence-corrected chi connectivity index (χ0v) is 38.0. The number of fused-ring (bicyclic) bond motifs is 1. The standard InChI is InChI=1S/C48H54F3N7O7S/c1-31-23-35(48(49,50)51)6-9-39(31)41-27-47(2,3)15-12-34(41)29-56-18-20-57(21-19-56)36-7-10-40(44(25-36)65-37-24-33-14-17-53-45(33)54-28-37)46(59)55-66(62,63)38-8-11-42(43(26-38)58(60)61)52-16-13-32-5-4-22-64-30-32/h6-11,14,17,23-26,28,32,52H,4-5,12-13,15-16,18-22,27,29-30H2,1-3H3,(H,53,54)(H,55,59). The Labute approximate surface area is 381 Å². The highest BCUT2D eigenvalue weighted by Crippen LogP contribution is 2.45. The number of alkyl halides is 3. The average Bonchev–Trinajstić information content (AvgIpc) is 3.75. The first-order valence-corrected chi connectivity index (χ1v) is 23.7. The maximum absolute atomic E-state index is 13.9. The van der Waals surface area contributed by atoms with Gasteiger partial charge in [0, 0.05) is 81.9 Å². The smallest absolute Gasteiger partial charge is 0.416 e. The van der Waals surface area contributed by atoms with Crippen LogP contribution >= 0.6 is 0 Å². The second-order valence-corrected chi connectivity index (χ2v) is 19.9. The summed E-state index contributed by atoms with van der Waals surface area (Å²) in [5, 5.41) is 15.9. The van der Waals surface area contributed by atoms with Crippen molar-refractivity contribution in [3.63, 3.8) is 0 Å². The molecule has 3 N–H and O–H groups in total. The lowest BCUT2D eigenvalue weighted by Crippen LogP contribution is -2.47. The van der Waals surface area contributed by atoms with Gasteiger partial charge in [-0.3, -0.25) is 19.8 Å². The first-order valence-electron chi connectivity index (χ1n) is 22.2. The molecule has 3 aliphatic rings. The van der Waals surface area contributed by atoms with Crippen LogP contribution in [-0.2, 0) is 20.9 Å². The molecule has 66 heavy (non-hydrogen) atoms. The minimum atomic E-state index is -4.60. The number of aromatic nitrogens is 2. The number of amides is 1. The summed E-state index contributed by atoms with van der Waals surface area (Å²) in [5.74, 6) is -0.298. The van der Waals surface area contributed by atoms with Gasteiger partial charge < -0.3 is 24.7 Å². The number of nitrogens with zero attached hydrogens (tertiary/aromatic N) is 4. The van der Waals surface area contributed by atoms with Gasteiger partial charge in [0.1, 0.15) is 22.8 Å². The van der Waals surface area contributed by atoms with Crippen LogP contribution < -0.4 is 19.7 Å². The second-order valence-electron chi connectivity index (χ2n) is 18.3. The molecule has 3 aromatic carbocycles. The number of carbonyl (C=O) groups is 1. The SMILES string of the molecule is Cc1cc(C(F)(F)F)ccc1C1=C(CN2CCN(c3ccc(C(=O)NS(=O)(=O)c4ccc(NCCC5CCCOC5)c([N+](=O)[O-])c4)c(Oc4cnc5[nH]ccc5c4)c3)CC2)CCC(C)(C)C1. The van der Waals surface area contributed by atoms with Crippen LogP contribution in [0, 0.1) is 28.4 Å². The number of H-pyrrole nitrogens is 1. The van der Waals surface area contributed by atoms with E-state index in [2.05, 4.69) is 43.7 Å². The number of piperazine rings is 1. The molecule has 2 saturated heterocycles. The Hall–Kier alpha value is -5.98. The van der Waals surface area contributed by atoms with E-state index in [1.54, 1.807) is 37.4 Å². The van der Waals surface area contributed by atoms with Gasteiger partial charge in [-0.25, -0.2) is 18.1 Å². The van der Waals surface area contributed by atoms with Crippen LogP contribution in [0.4, 0.5) is 30.2 Å². The van der Waals surface area contributed by atoms with Gasteiger partial charge in [-0.15, -0.1) is 0 Å². The highest BCUT2D eigenvalue weighted by Gasteiger charge is 2.34. The van der Waals surface area contributed by atoms with Crippen molar-refractivity contribution < 1.29 is 40.8 Å². The lowest BCUT2D eigenvalue weighted by Gasteiger charge is -2.39. The van der Waals surface area contributed by atoms with Crippen molar-refractivity contribution in [2.24, 2.45) is 11.3 Å². The molecule has 1 atom stereocenters. The number of hydrogen-bond acceptors (Lipinski definition) is 11. The third-order valence-electron chi connectivity index (χ3n) is 12.9. The Bertz CT molecular complexity index is 2760. The van der Waals surface area contributed by atoms with Crippen LogP contribution in [0.15, 0.2) is 89.6 Å². The minimum absolute atomic E-state index is 0.0113. The number of carbonyl (C=O) groups excluding carboxylic acids is 1. The summed E-state index contributed by atoms with van der Waals surface area (Å²) in [4.78, 5) is 36.8. The third-order valence-corrected chi connectivity index (χ3v) is 14.2. The number of aromatic amines is 1. The van der Waals surface area contributed by atoms with Crippen molar-refractivity contribution in [2.45, 2.75) is 70.4 Å². The van der Waals surface area contributed by atoms with Gasteiger partial charge in [0.15, 0.2) is 0 Å². The summed E-state index contributed by atoms with van der Waals surface area (Å²) < 4.78 is 82.0. The molecule has 0 spiro atoms. The zero-order chi connectivity index (χ0) is 46.8. The molecule has 1 unspecified atom stereocenters. The van der Waals surface area contributed by atoms with Crippen molar-refractivity contribution in [3.05, 3.63) is 117 Å². The number of ether oxygens (including phenoxy) is 2. The average molecular weight is 930 g/mol. The lowest BCUT2D eigenvalue weighted by molar-refractivity contribution is -0.384. The van der Waals surface area contributed by atoms with Crippen LogP contribution in [0.25, 0.3) is 16.6 Å². The number of nitrogens with one attached hydrogen (secondary N) is 3. The molecule has 2 aliphatic heterocycles. The molecule has 5 aromatic rings. The topological polar surface area (TPSA) is 172 Å². The number of nitro groups is 1. The first-order chi connectivity index (χ1) is 31.4. The van der Waals surface area contributed by atoms with Crippen molar-refractivity contribution in [3.8, 4) is 11.5 Å². The molecule has 350 valence electrons. The van der Waals surface area contributed by atoms with Crippen molar-refractivity contribution in [1.29, 1.82) is 0 Å². The number of pyridine rings is 1. The maximum atomic E-state index is 13.9. The summed E-state index contributed by atoms with van der Waals surface area (Å²) in [5.41, 5.74) is 4.18. The zero-order valence-electron chi connectivity index (χ0n) is 37.2. The van der Waals surface area contributed by atoms with E-state index in [1.807, 2.05) is 6.07 Å². The van der Waals surface area contributed by atoms with E-state index >= 15 is 0 Å². The number of rotatable bonds is 14. The number of allylic oxidation sites excluding steroid dienone is 1. The molecule has 4 heterocycles.